The molecule has 2 amide bonds. The van der Waals surface area contributed by atoms with Crippen LogP contribution in [0.4, 0.5) is 10.5 Å². The molecule has 0 aliphatic heterocycles. The standard InChI is InChI=1S/C20H19N5O/c21-12-15-7-9-16(10-8-15)23-20(26)25(18-4-3-5-18)14-17-13-24-11-2-1-6-19(24)22-17/h1-2,6-11,13,18H,3-5,14H2,(H,23,26). The first-order valence-electron chi connectivity index (χ1n) is 8.73. The van der Waals surface area contributed by atoms with E-state index in [1.807, 2.05) is 39.9 Å². The van der Waals surface area contributed by atoms with Crippen LogP contribution in [0.15, 0.2) is 54.9 Å². The lowest BCUT2D eigenvalue weighted by Crippen LogP contribution is -2.45. The number of imidazole rings is 1. The fourth-order valence-corrected chi connectivity index (χ4v) is 3.13. The van der Waals surface area contributed by atoms with Gasteiger partial charge >= 0.3 is 6.03 Å². The maximum atomic E-state index is 12.8. The van der Waals surface area contributed by atoms with Crippen LogP contribution in [0.25, 0.3) is 5.65 Å². The number of hydrogen-bond donors (Lipinski definition) is 1. The molecule has 1 aromatic carbocycles. The van der Waals surface area contributed by atoms with Crippen LogP contribution in [0.1, 0.15) is 30.5 Å². The lowest BCUT2D eigenvalue weighted by atomic mass is 9.91. The Labute approximate surface area is 151 Å². The fourth-order valence-electron chi connectivity index (χ4n) is 3.13. The summed E-state index contributed by atoms with van der Waals surface area (Å²) in [6.45, 7) is 0.481. The predicted molar refractivity (Wildman–Crippen MR) is 98.5 cm³/mol. The first-order chi connectivity index (χ1) is 12.7. The molecule has 1 fully saturated rings. The summed E-state index contributed by atoms with van der Waals surface area (Å²) in [4.78, 5) is 19.3. The molecular formula is C20H19N5O. The van der Waals surface area contributed by atoms with Gasteiger partial charge in [-0.2, -0.15) is 5.26 Å². The zero-order valence-electron chi connectivity index (χ0n) is 14.3. The van der Waals surface area contributed by atoms with Crippen LogP contribution in [0.2, 0.25) is 0 Å². The molecule has 0 atom stereocenters. The Morgan fingerprint density at radius 2 is 2.08 bits per heavy atom. The number of carbonyl (C=O) groups excluding carboxylic acids is 1. The molecule has 0 saturated heterocycles. The highest BCUT2D eigenvalue weighted by atomic mass is 16.2. The third-order valence-electron chi connectivity index (χ3n) is 4.79. The van der Waals surface area contributed by atoms with E-state index >= 15 is 0 Å². The van der Waals surface area contributed by atoms with Crippen molar-refractivity contribution >= 4 is 17.4 Å². The maximum absolute atomic E-state index is 12.8. The van der Waals surface area contributed by atoms with Crippen LogP contribution in [0.3, 0.4) is 0 Å². The van der Waals surface area contributed by atoms with Gasteiger partial charge in [0.15, 0.2) is 0 Å². The second-order valence-electron chi connectivity index (χ2n) is 6.53. The number of amides is 2. The highest BCUT2D eigenvalue weighted by Crippen LogP contribution is 2.27. The average Bonchev–Trinajstić information content (AvgIpc) is 3.03. The average molecular weight is 345 g/mol. The first kappa shape index (κ1) is 16.2. The summed E-state index contributed by atoms with van der Waals surface area (Å²) >= 11 is 0. The normalized spacial score (nSPS) is 13.8. The third-order valence-corrected chi connectivity index (χ3v) is 4.79. The van der Waals surface area contributed by atoms with Crippen molar-refractivity contribution in [2.45, 2.75) is 31.8 Å². The van der Waals surface area contributed by atoms with Gasteiger partial charge in [0.05, 0.1) is 23.9 Å². The number of nitrogens with zero attached hydrogens (tertiary/aromatic N) is 4. The van der Waals surface area contributed by atoms with E-state index in [2.05, 4.69) is 16.4 Å². The van der Waals surface area contributed by atoms with Crippen LogP contribution in [-0.4, -0.2) is 26.4 Å². The summed E-state index contributed by atoms with van der Waals surface area (Å²) in [6.07, 6.45) is 7.12. The minimum atomic E-state index is -0.128. The van der Waals surface area contributed by atoms with Crippen LogP contribution < -0.4 is 5.32 Å². The van der Waals surface area contributed by atoms with E-state index in [4.69, 9.17) is 5.26 Å². The number of urea groups is 1. The van der Waals surface area contributed by atoms with Crippen molar-refractivity contribution in [1.29, 1.82) is 5.26 Å². The van der Waals surface area contributed by atoms with Crippen molar-refractivity contribution in [1.82, 2.24) is 14.3 Å². The number of anilines is 1. The molecule has 0 bridgehead atoms. The van der Waals surface area contributed by atoms with Gasteiger partial charge in [-0.3, -0.25) is 0 Å². The molecule has 0 radical (unpaired) electrons. The lowest BCUT2D eigenvalue weighted by Gasteiger charge is -2.37. The smallest absolute Gasteiger partial charge is 0.316 e. The summed E-state index contributed by atoms with van der Waals surface area (Å²) in [5, 5.41) is 11.8. The number of fused-ring (bicyclic) bond motifs is 1. The Bertz CT molecular complexity index is 933. The quantitative estimate of drug-likeness (QED) is 0.782. The predicted octanol–water partition coefficient (Wildman–Crippen LogP) is 3.79. The number of pyridine rings is 1. The van der Waals surface area contributed by atoms with Crippen molar-refractivity contribution in [3.8, 4) is 6.07 Å². The molecule has 26 heavy (non-hydrogen) atoms. The Morgan fingerprint density at radius 1 is 1.27 bits per heavy atom. The van der Waals surface area contributed by atoms with Gasteiger partial charge in [-0.25, -0.2) is 9.78 Å². The SMILES string of the molecule is N#Cc1ccc(NC(=O)N(Cc2cn3ccccc3n2)C2CCC2)cc1. The molecular weight excluding hydrogens is 326 g/mol. The van der Waals surface area contributed by atoms with Gasteiger partial charge in [-0.1, -0.05) is 6.07 Å². The van der Waals surface area contributed by atoms with E-state index in [0.29, 0.717) is 17.8 Å². The molecule has 6 heteroatoms. The summed E-state index contributed by atoms with van der Waals surface area (Å²) in [5.41, 5.74) is 3.01. The molecule has 1 aliphatic rings. The molecule has 1 aliphatic carbocycles. The van der Waals surface area contributed by atoms with Crippen molar-refractivity contribution in [3.05, 3.63) is 66.1 Å². The number of hydrogen-bond acceptors (Lipinski definition) is 3. The van der Waals surface area contributed by atoms with Gasteiger partial charge in [0.2, 0.25) is 0 Å². The monoisotopic (exact) mass is 345 g/mol. The second kappa shape index (κ2) is 6.89. The van der Waals surface area contributed by atoms with Crippen molar-refractivity contribution < 1.29 is 4.79 Å². The topological polar surface area (TPSA) is 73.4 Å². The molecule has 0 spiro atoms. The summed E-state index contributed by atoms with van der Waals surface area (Å²) in [6, 6.07) is 15.0. The molecule has 0 unspecified atom stereocenters. The molecule has 6 nitrogen and oxygen atoms in total. The minimum Gasteiger partial charge on any atom is -0.316 e. The minimum absolute atomic E-state index is 0.128. The van der Waals surface area contributed by atoms with Crippen LogP contribution >= 0.6 is 0 Å². The zero-order chi connectivity index (χ0) is 17.9. The first-order valence-corrected chi connectivity index (χ1v) is 8.73. The summed E-state index contributed by atoms with van der Waals surface area (Å²) in [5.74, 6) is 0. The van der Waals surface area contributed by atoms with E-state index in [1.54, 1.807) is 24.3 Å². The number of aromatic nitrogens is 2. The van der Waals surface area contributed by atoms with Gasteiger partial charge in [0, 0.05) is 24.1 Å². The molecule has 1 saturated carbocycles. The Hall–Kier alpha value is -3.33. The lowest BCUT2D eigenvalue weighted by molar-refractivity contribution is 0.143. The van der Waals surface area contributed by atoms with Gasteiger partial charge < -0.3 is 14.6 Å². The molecule has 2 aromatic heterocycles. The Morgan fingerprint density at radius 3 is 2.73 bits per heavy atom. The van der Waals surface area contributed by atoms with E-state index in [9.17, 15) is 4.79 Å². The van der Waals surface area contributed by atoms with Gasteiger partial charge in [0.1, 0.15) is 5.65 Å². The zero-order valence-corrected chi connectivity index (χ0v) is 14.3. The van der Waals surface area contributed by atoms with Crippen molar-refractivity contribution in [3.63, 3.8) is 0 Å². The van der Waals surface area contributed by atoms with Crippen molar-refractivity contribution in [2.24, 2.45) is 0 Å². The van der Waals surface area contributed by atoms with E-state index < -0.39 is 0 Å². The molecule has 2 heterocycles. The number of benzene rings is 1. The van der Waals surface area contributed by atoms with Gasteiger partial charge in [-0.05, 0) is 55.7 Å². The van der Waals surface area contributed by atoms with Crippen LogP contribution in [0, 0.1) is 11.3 Å². The van der Waals surface area contributed by atoms with E-state index in [1.165, 1.54) is 0 Å². The van der Waals surface area contributed by atoms with Gasteiger partial charge in [0.25, 0.3) is 0 Å². The number of nitrogens with one attached hydrogen (secondary N) is 1. The molecule has 1 N–H and O–H groups in total. The third kappa shape index (κ3) is 3.24. The Kier molecular flexibility index (Phi) is 4.28. The molecule has 4 rings (SSSR count). The highest BCUT2D eigenvalue weighted by Gasteiger charge is 2.29. The summed E-state index contributed by atoms with van der Waals surface area (Å²) < 4.78 is 1.97. The van der Waals surface area contributed by atoms with E-state index in [-0.39, 0.29) is 12.1 Å². The number of rotatable bonds is 4. The highest BCUT2D eigenvalue weighted by molar-refractivity contribution is 5.89. The second-order valence-corrected chi connectivity index (χ2v) is 6.53. The largest absolute Gasteiger partial charge is 0.322 e. The number of carbonyl (C=O) groups is 1. The fraction of sp³-hybridized carbons (Fsp3) is 0.250. The number of nitriles is 1. The van der Waals surface area contributed by atoms with Crippen molar-refractivity contribution in [2.75, 3.05) is 5.32 Å². The van der Waals surface area contributed by atoms with Gasteiger partial charge in [-0.15, -0.1) is 0 Å². The maximum Gasteiger partial charge on any atom is 0.322 e. The van der Waals surface area contributed by atoms with Crippen LogP contribution in [0.5, 0.6) is 0 Å². The molecule has 130 valence electrons. The molecule has 3 aromatic rings. The Balaban J connectivity index is 1.52. The van der Waals surface area contributed by atoms with E-state index in [0.717, 1.165) is 30.6 Å². The van der Waals surface area contributed by atoms with Crippen LogP contribution in [-0.2, 0) is 6.54 Å². The summed E-state index contributed by atoms with van der Waals surface area (Å²) in [7, 11) is 0.